The third-order valence-electron chi connectivity index (χ3n) is 4.17. The molecule has 0 aliphatic rings. The average molecular weight is 492 g/mol. The van der Waals surface area contributed by atoms with Crippen LogP contribution in [0.25, 0.3) is 0 Å². The summed E-state index contributed by atoms with van der Waals surface area (Å²) >= 11 is 12.1. The number of sulfonamides is 1. The number of rotatable bonds is 8. The van der Waals surface area contributed by atoms with Crippen LogP contribution >= 0.6 is 23.2 Å². The van der Waals surface area contributed by atoms with Crippen molar-refractivity contribution in [2.24, 2.45) is 5.10 Å². The highest BCUT2D eigenvalue weighted by molar-refractivity contribution is 7.92. The van der Waals surface area contributed by atoms with E-state index in [0.29, 0.717) is 32.8 Å². The van der Waals surface area contributed by atoms with Gasteiger partial charge in [0, 0.05) is 5.56 Å². The number of hydrazone groups is 1. The first kappa shape index (κ1) is 23.6. The van der Waals surface area contributed by atoms with E-state index in [1.54, 1.807) is 54.6 Å². The average Bonchev–Trinajstić information content (AvgIpc) is 2.75. The van der Waals surface area contributed by atoms with Gasteiger partial charge in [0.05, 0.1) is 28.2 Å². The summed E-state index contributed by atoms with van der Waals surface area (Å²) in [6.07, 6.45) is 2.31. The summed E-state index contributed by atoms with van der Waals surface area (Å²) in [6.45, 7) is -0.467. The molecule has 0 heterocycles. The largest absolute Gasteiger partial charge is 0.457 e. The summed E-state index contributed by atoms with van der Waals surface area (Å²) in [5, 5.41) is 4.55. The third kappa shape index (κ3) is 6.46. The molecule has 1 N–H and O–H groups in total. The second kappa shape index (κ2) is 10.5. The molecule has 1 amide bonds. The van der Waals surface area contributed by atoms with Crippen LogP contribution in [0.2, 0.25) is 10.0 Å². The molecule has 0 radical (unpaired) electrons. The van der Waals surface area contributed by atoms with Crippen LogP contribution in [0.3, 0.4) is 0 Å². The van der Waals surface area contributed by atoms with Crippen LogP contribution in [0.5, 0.6) is 11.5 Å². The first-order valence-electron chi connectivity index (χ1n) is 9.30. The number of para-hydroxylation sites is 1. The zero-order chi connectivity index (χ0) is 23.1. The van der Waals surface area contributed by atoms with Gasteiger partial charge in [-0.05, 0) is 48.5 Å². The van der Waals surface area contributed by atoms with Gasteiger partial charge in [-0.1, -0.05) is 47.5 Å². The minimum absolute atomic E-state index is 0.307. The number of ether oxygens (including phenoxy) is 1. The van der Waals surface area contributed by atoms with Gasteiger partial charge in [0.2, 0.25) is 10.0 Å². The molecule has 0 saturated heterocycles. The Labute approximate surface area is 196 Å². The van der Waals surface area contributed by atoms with Gasteiger partial charge in [-0.15, -0.1) is 0 Å². The normalized spacial score (nSPS) is 11.3. The van der Waals surface area contributed by atoms with E-state index in [2.05, 4.69) is 10.5 Å². The first-order chi connectivity index (χ1) is 15.2. The van der Waals surface area contributed by atoms with Crippen molar-refractivity contribution in [3.05, 3.63) is 88.4 Å². The predicted molar refractivity (Wildman–Crippen MR) is 127 cm³/mol. The van der Waals surface area contributed by atoms with E-state index < -0.39 is 22.5 Å². The lowest BCUT2D eigenvalue weighted by molar-refractivity contribution is -0.119. The Morgan fingerprint density at radius 2 is 1.56 bits per heavy atom. The van der Waals surface area contributed by atoms with Crippen LogP contribution in [-0.4, -0.2) is 33.3 Å². The number of anilines is 1. The highest BCUT2D eigenvalue weighted by Crippen LogP contribution is 2.25. The summed E-state index contributed by atoms with van der Waals surface area (Å²) in [5.74, 6) is 0.537. The fourth-order valence-electron chi connectivity index (χ4n) is 2.67. The van der Waals surface area contributed by atoms with Crippen molar-refractivity contribution in [2.45, 2.75) is 0 Å². The first-order valence-corrected chi connectivity index (χ1v) is 11.9. The molecule has 0 fully saturated rings. The van der Waals surface area contributed by atoms with E-state index in [-0.39, 0.29) is 0 Å². The van der Waals surface area contributed by atoms with Crippen LogP contribution in [0.15, 0.2) is 77.9 Å². The zero-order valence-electron chi connectivity index (χ0n) is 16.9. The van der Waals surface area contributed by atoms with Gasteiger partial charge in [0.15, 0.2) is 0 Å². The van der Waals surface area contributed by atoms with E-state index in [0.717, 1.165) is 10.6 Å². The molecule has 32 heavy (non-hydrogen) atoms. The molecule has 0 aliphatic heterocycles. The Morgan fingerprint density at radius 3 is 2.16 bits per heavy atom. The van der Waals surface area contributed by atoms with Crippen LogP contribution in [-0.2, 0) is 14.8 Å². The maximum absolute atomic E-state index is 12.3. The van der Waals surface area contributed by atoms with Crippen molar-refractivity contribution in [2.75, 3.05) is 17.1 Å². The second-order valence-electron chi connectivity index (χ2n) is 6.61. The quantitative estimate of drug-likeness (QED) is 0.365. The molecule has 166 valence electrons. The number of nitrogens with zero attached hydrogens (tertiary/aromatic N) is 2. The zero-order valence-corrected chi connectivity index (χ0v) is 19.2. The van der Waals surface area contributed by atoms with Gasteiger partial charge in [0.25, 0.3) is 5.91 Å². The van der Waals surface area contributed by atoms with Gasteiger partial charge >= 0.3 is 0 Å². The smallest absolute Gasteiger partial charge is 0.260 e. The lowest BCUT2D eigenvalue weighted by atomic mass is 10.2. The number of amides is 1. The third-order valence-corrected chi connectivity index (χ3v) is 5.97. The molecule has 0 saturated carbocycles. The lowest BCUT2D eigenvalue weighted by Crippen LogP contribution is -2.39. The van der Waals surface area contributed by atoms with Crippen molar-refractivity contribution in [1.82, 2.24) is 5.43 Å². The van der Waals surface area contributed by atoms with Crippen LogP contribution in [0.4, 0.5) is 5.69 Å². The van der Waals surface area contributed by atoms with Crippen molar-refractivity contribution in [3.8, 4) is 11.5 Å². The molecule has 0 unspecified atom stereocenters. The standard InChI is InChI=1S/C22H19Cl2N3O4S/c1-32(29,30)27(15-22(28)26-25-14-19-20(23)8-5-9-21(19)24)16-10-12-18(13-11-16)31-17-6-3-2-4-7-17/h2-14H,15H2,1H3,(H,26,28)/b25-14+. The van der Waals surface area contributed by atoms with Gasteiger partial charge < -0.3 is 4.74 Å². The molecule has 10 heteroatoms. The minimum atomic E-state index is -3.74. The van der Waals surface area contributed by atoms with Gasteiger partial charge in [-0.3, -0.25) is 9.10 Å². The second-order valence-corrected chi connectivity index (χ2v) is 9.33. The molecule has 0 aromatic heterocycles. The fraction of sp³-hybridized carbons (Fsp3) is 0.0909. The summed E-state index contributed by atoms with van der Waals surface area (Å²) in [7, 11) is -3.74. The number of carbonyl (C=O) groups excluding carboxylic acids is 1. The molecule has 3 aromatic carbocycles. The Hall–Kier alpha value is -3.07. The fourth-order valence-corrected chi connectivity index (χ4v) is 4.03. The maximum atomic E-state index is 12.3. The number of halogens is 2. The minimum Gasteiger partial charge on any atom is -0.457 e. The SMILES string of the molecule is CS(=O)(=O)N(CC(=O)N/N=C/c1c(Cl)cccc1Cl)c1ccc(Oc2ccccc2)cc1. The highest BCUT2D eigenvalue weighted by Gasteiger charge is 2.21. The Balaban J connectivity index is 1.69. The summed E-state index contributed by atoms with van der Waals surface area (Å²) in [5.41, 5.74) is 3.03. The van der Waals surface area contributed by atoms with E-state index in [9.17, 15) is 13.2 Å². The van der Waals surface area contributed by atoms with Crippen molar-refractivity contribution in [3.63, 3.8) is 0 Å². The van der Waals surface area contributed by atoms with Crippen molar-refractivity contribution >= 4 is 51.0 Å². The molecular formula is C22H19Cl2N3O4S. The van der Waals surface area contributed by atoms with E-state index in [1.165, 1.54) is 6.21 Å². The topological polar surface area (TPSA) is 88.1 Å². The van der Waals surface area contributed by atoms with Gasteiger partial charge in [0.1, 0.15) is 18.0 Å². The lowest BCUT2D eigenvalue weighted by Gasteiger charge is -2.21. The van der Waals surface area contributed by atoms with E-state index in [1.807, 2.05) is 18.2 Å². The number of carbonyl (C=O) groups is 1. The van der Waals surface area contributed by atoms with E-state index in [4.69, 9.17) is 27.9 Å². The Bertz CT molecular complexity index is 1200. The number of hydrogen-bond acceptors (Lipinski definition) is 5. The summed E-state index contributed by atoms with van der Waals surface area (Å²) < 4.78 is 31.2. The van der Waals surface area contributed by atoms with Crippen LogP contribution in [0.1, 0.15) is 5.56 Å². The monoisotopic (exact) mass is 491 g/mol. The summed E-state index contributed by atoms with van der Waals surface area (Å²) in [4.78, 5) is 12.3. The van der Waals surface area contributed by atoms with Crippen LogP contribution < -0.4 is 14.5 Å². The van der Waals surface area contributed by atoms with Crippen molar-refractivity contribution in [1.29, 1.82) is 0 Å². The molecule has 0 bridgehead atoms. The maximum Gasteiger partial charge on any atom is 0.260 e. The molecule has 0 spiro atoms. The Morgan fingerprint density at radius 1 is 0.969 bits per heavy atom. The molecule has 3 rings (SSSR count). The predicted octanol–water partition coefficient (Wildman–Crippen LogP) is 4.70. The van der Waals surface area contributed by atoms with Crippen molar-refractivity contribution < 1.29 is 17.9 Å². The molecule has 7 nitrogen and oxygen atoms in total. The number of hydrogen-bond donors (Lipinski definition) is 1. The van der Waals surface area contributed by atoms with E-state index >= 15 is 0 Å². The highest BCUT2D eigenvalue weighted by atomic mass is 35.5. The molecular weight excluding hydrogens is 473 g/mol. The van der Waals surface area contributed by atoms with Gasteiger partial charge in [-0.25, -0.2) is 13.8 Å². The Kier molecular flexibility index (Phi) is 7.74. The summed E-state index contributed by atoms with van der Waals surface area (Å²) in [6, 6.07) is 20.5. The molecule has 3 aromatic rings. The van der Waals surface area contributed by atoms with Crippen LogP contribution in [0, 0.1) is 0 Å². The van der Waals surface area contributed by atoms with Gasteiger partial charge in [-0.2, -0.15) is 5.10 Å². The molecule has 0 aliphatic carbocycles. The molecule has 0 atom stereocenters. The number of nitrogens with one attached hydrogen (secondary N) is 1. The number of benzene rings is 3.